The van der Waals surface area contributed by atoms with Crippen LogP contribution >= 0.6 is 0 Å². The van der Waals surface area contributed by atoms with Crippen molar-refractivity contribution in [3.05, 3.63) is 34.9 Å². The van der Waals surface area contributed by atoms with Gasteiger partial charge in [-0.25, -0.2) is 14.4 Å². The fourth-order valence-corrected chi connectivity index (χ4v) is 3.33. The summed E-state index contributed by atoms with van der Waals surface area (Å²) in [6.07, 6.45) is 0.388. The first-order valence-electron chi connectivity index (χ1n) is 8.24. The number of likely N-dealkylation sites (tertiary alicyclic amines) is 1. The van der Waals surface area contributed by atoms with Gasteiger partial charge in [0.2, 0.25) is 0 Å². The molecule has 6 nitrogen and oxygen atoms in total. The maximum Gasteiger partial charge on any atom is 0.306 e. The number of aliphatic carboxylic acids is 1. The molecule has 0 bridgehead atoms. The molecule has 1 aliphatic heterocycles. The number of hydrogen-bond donors (Lipinski definition) is 1. The van der Waals surface area contributed by atoms with Gasteiger partial charge in [0.05, 0.1) is 28.4 Å². The first-order valence-corrected chi connectivity index (χ1v) is 8.24. The number of fused-ring (bicyclic) bond motifs is 1. The quantitative estimate of drug-likeness (QED) is 0.904. The zero-order chi connectivity index (χ0) is 18.3. The smallest absolute Gasteiger partial charge is 0.306 e. The molecule has 7 heteroatoms. The summed E-state index contributed by atoms with van der Waals surface area (Å²) in [6.45, 7) is 6.05. The number of halogens is 1. The van der Waals surface area contributed by atoms with E-state index in [2.05, 4.69) is 9.97 Å². The van der Waals surface area contributed by atoms with Crippen molar-refractivity contribution >= 4 is 22.9 Å². The zero-order valence-electron chi connectivity index (χ0n) is 14.4. The van der Waals surface area contributed by atoms with E-state index in [0.29, 0.717) is 41.9 Å². The van der Waals surface area contributed by atoms with E-state index in [-0.39, 0.29) is 17.4 Å². The minimum atomic E-state index is -0.840. The molecule has 1 saturated heterocycles. The Bertz CT molecular complexity index is 868. The summed E-state index contributed by atoms with van der Waals surface area (Å²) in [7, 11) is 0. The second kappa shape index (κ2) is 6.38. The maximum atomic E-state index is 14.0. The SMILES string of the molecule is Cc1nc2cc(F)cc(C(=O)N3CCC(C(=O)O)C(C)C3)c2nc1C. The molecule has 1 aliphatic rings. The van der Waals surface area contributed by atoms with E-state index in [1.807, 2.05) is 6.92 Å². The second-order valence-corrected chi connectivity index (χ2v) is 6.68. The van der Waals surface area contributed by atoms with Gasteiger partial charge in [0.1, 0.15) is 11.3 Å². The van der Waals surface area contributed by atoms with Crippen molar-refractivity contribution in [3.8, 4) is 0 Å². The van der Waals surface area contributed by atoms with Gasteiger partial charge < -0.3 is 10.0 Å². The Morgan fingerprint density at radius 1 is 1.24 bits per heavy atom. The molecule has 0 saturated carbocycles. The highest BCUT2D eigenvalue weighted by atomic mass is 19.1. The summed E-state index contributed by atoms with van der Waals surface area (Å²) in [5, 5.41) is 9.21. The predicted octanol–water partition coefficient (Wildman–Crippen LogP) is 2.57. The highest BCUT2D eigenvalue weighted by molar-refractivity contribution is 6.04. The molecule has 0 radical (unpaired) electrons. The molecular formula is C18H20FN3O3. The van der Waals surface area contributed by atoms with Gasteiger partial charge in [0.25, 0.3) is 5.91 Å². The normalized spacial score (nSPS) is 20.7. The summed E-state index contributed by atoms with van der Waals surface area (Å²) in [5.74, 6) is -2.34. The van der Waals surface area contributed by atoms with Crippen LogP contribution in [0.25, 0.3) is 11.0 Å². The summed E-state index contributed by atoms with van der Waals surface area (Å²) < 4.78 is 14.0. The third-order valence-corrected chi connectivity index (χ3v) is 4.89. The van der Waals surface area contributed by atoms with Crippen LogP contribution in [0.2, 0.25) is 0 Å². The number of carbonyl (C=O) groups excluding carboxylic acids is 1. The molecule has 25 heavy (non-hydrogen) atoms. The molecule has 2 unspecified atom stereocenters. The Hall–Kier alpha value is -2.57. The number of nitrogens with zero attached hydrogens (tertiary/aromatic N) is 3. The van der Waals surface area contributed by atoms with Gasteiger partial charge >= 0.3 is 5.97 Å². The molecule has 1 aromatic heterocycles. The number of carbonyl (C=O) groups is 2. The fraction of sp³-hybridized carbons (Fsp3) is 0.444. The lowest BCUT2D eigenvalue weighted by atomic mass is 9.87. The van der Waals surface area contributed by atoms with Crippen molar-refractivity contribution < 1.29 is 19.1 Å². The van der Waals surface area contributed by atoms with E-state index in [4.69, 9.17) is 0 Å². The Labute approximate surface area is 144 Å². The third kappa shape index (κ3) is 3.18. The van der Waals surface area contributed by atoms with Crippen molar-refractivity contribution in [2.45, 2.75) is 27.2 Å². The summed E-state index contributed by atoms with van der Waals surface area (Å²) in [4.78, 5) is 34.5. The van der Waals surface area contributed by atoms with Gasteiger partial charge in [-0.15, -0.1) is 0 Å². The largest absolute Gasteiger partial charge is 0.481 e. The number of amides is 1. The van der Waals surface area contributed by atoms with Crippen molar-refractivity contribution in [2.24, 2.45) is 11.8 Å². The first kappa shape index (κ1) is 17.3. The molecule has 1 amide bonds. The lowest BCUT2D eigenvalue weighted by molar-refractivity contribution is -0.145. The number of carboxylic acid groups (broad SMARTS) is 1. The standard InChI is InChI=1S/C18H20FN3O3/c1-9-8-22(5-4-13(9)18(24)25)17(23)14-6-12(19)7-15-16(14)21-11(3)10(2)20-15/h6-7,9,13H,4-5,8H2,1-3H3,(H,24,25). The van der Waals surface area contributed by atoms with E-state index in [1.54, 1.807) is 18.7 Å². The van der Waals surface area contributed by atoms with Gasteiger partial charge in [0.15, 0.2) is 0 Å². The number of benzene rings is 1. The molecule has 1 N–H and O–H groups in total. The van der Waals surface area contributed by atoms with Crippen molar-refractivity contribution in [2.75, 3.05) is 13.1 Å². The first-order chi connectivity index (χ1) is 11.8. The van der Waals surface area contributed by atoms with E-state index in [9.17, 15) is 19.1 Å². The van der Waals surface area contributed by atoms with Crippen LogP contribution in [0.4, 0.5) is 4.39 Å². The van der Waals surface area contributed by atoms with Crippen LogP contribution in [0.5, 0.6) is 0 Å². The van der Waals surface area contributed by atoms with Gasteiger partial charge in [0, 0.05) is 19.2 Å². The van der Waals surface area contributed by atoms with E-state index >= 15 is 0 Å². The number of piperidine rings is 1. The molecule has 132 valence electrons. The number of rotatable bonds is 2. The van der Waals surface area contributed by atoms with E-state index in [1.165, 1.54) is 12.1 Å². The van der Waals surface area contributed by atoms with Gasteiger partial charge in [-0.1, -0.05) is 6.92 Å². The van der Waals surface area contributed by atoms with Crippen LogP contribution in [0.3, 0.4) is 0 Å². The zero-order valence-corrected chi connectivity index (χ0v) is 14.4. The van der Waals surface area contributed by atoms with Gasteiger partial charge in [-0.05, 0) is 32.3 Å². The highest BCUT2D eigenvalue weighted by Gasteiger charge is 2.34. The maximum absolute atomic E-state index is 14.0. The van der Waals surface area contributed by atoms with E-state index in [0.717, 1.165) is 0 Å². The van der Waals surface area contributed by atoms with Crippen molar-refractivity contribution in [1.29, 1.82) is 0 Å². The van der Waals surface area contributed by atoms with Crippen LogP contribution in [-0.4, -0.2) is 44.9 Å². The van der Waals surface area contributed by atoms with Gasteiger partial charge in [-0.3, -0.25) is 9.59 Å². The lowest BCUT2D eigenvalue weighted by Gasteiger charge is -2.35. The fourth-order valence-electron chi connectivity index (χ4n) is 3.33. The van der Waals surface area contributed by atoms with Crippen LogP contribution in [0, 0.1) is 31.5 Å². The second-order valence-electron chi connectivity index (χ2n) is 6.68. The number of aryl methyl sites for hydroxylation is 2. The Morgan fingerprint density at radius 3 is 2.56 bits per heavy atom. The minimum Gasteiger partial charge on any atom is -0.481 e. The molecule has 1 fully saturated rings. The number of hydrogen-bond acceptors (Lipinski definition) is 4. The van der Waals surface area contributed by atoms with Crippen LogP contribution in [0.1, 0.15) is 35.1 Å². The average Bonchev–Trinajstić information content (AvgIpc) is 2.54. The van der Waals surface area contributed by atoms with Crippen molar-refractivity contribution in [1.82, 2.24) is 14.9 Å². The molecule has 0 spiro atoms. The Balaban J connectivity index is 1.98. The van der Waals surface area contributed by atoms with E-state index < -0.39 is 17.7 Å². The monoisotopic (exact) mass is 345 g/mol. The molecular weight excluding hydrogens is 325 g/mol. The lowest BCUT2D eigenvalue weighted by Crippen LogP contribution is -2.45. The molecule has 1 aromatic carbocycles. The van der Waals surface area contributed by atoms with Crippen LogP contribution in [0.15, 0.2) is 12.1 Å². The average molecular weight is 345 g/mol. The Kier molecular flexibility index (Phi) is 4.41. The molecule has 0 aliphatic carbocycles. The summed E-state index contributed by atoms with van der Waals surface area (Å²) in [5.41, 5.74) is 2.27. The molecule has 2 atom stereocenters. The molecule has 3 rings (SSSR count). The van der Waals surface area contributed by atoms with Gasteiger partial charge in [-0.2, -0.15) is 0 Å². The Morgan fingerprint density at radius 2 is 1.92 bits per heavy atom. The molecule has 2 aromatic rings. The van der Waals surface area contributed by atoms with Crippen molar-refractivity contribution in [3.63, 3.8) is 0 Å². The van der Waals surface area contributed by atoms with Crippen LogP contribution < -0.4 is 0 Å². The summed E-state index contributed by atoms with van der Waals surface area (Å²) in [6, 6.07) is 2.45. The third-order valence-electron chi connectivity index (χ3n) is 4.89. The number of aromatic nitrogens is 2. The highest BCUT2D eigenvalue weighted by Crippen LogP contribution is 2.27. The van der Waals surface area contributed by atoms with Crippen LogP contribution in [-0.2, 0) is 4.79 Å². The minimum absolute atomic E-state index is 0.162. The topological polar surface area (TPSA) is 83.4 Å². The predicted molar refractivity (Wildman–Crippen MR) is 89.8 cm³/mol. The summed E-state index contributed by atoms with van der Waals surface area (Å²) >= 11 is 0. The molecule has 2 heterocycles. The number of carboxylic acids is 1.